The molecule has 1 aromatic carbocycles. The first-order valence-corrected chi connectivity index (χ1v) is 4.57. The SMILES string of the molecule is CC(=O)c1cc(C#CCCl)ccc1O. The highest BCUT2D eigenvalue weighted by atomic mass is 35.5. The van der Waals surface area contributed by atoms with Gasteiger partial charge >= 0.3 is 0 Å². The van der Waals surface area contributed by atoms with Crippen LogP contribution in [0.1, 0.15) is 22.8 Å². The number of Topliss-reactive ketones (excluding diaryl/α,β-unsaturated/α-hetero) is 1. The molecule has 0 saturated heterocycles. The van der Waals surface area contributed by atoms with Crippen molar-refractivity contribution in [2.24, 2.45) is 0 Å². The van der Waals surface area contributed by atoms with E-state index in [1.807, 2.05) is 0 Å². The van der Waals surface area contributed by atoms with Gasteiger partial charge in [0.15, 0.2) is 5.78 Å². The monoisotopic (exact) mass is 208 g/mol. The molecular weight excluding hydrogens is 200 g/mol. The first-order valence-electron chi connectivity index (χ1n) is 4.04. The van der Waals surface area contributed by atoms with Gasteiger partial charge in [-0.05, 0) is 25.1 Å². The van der Waals surface area contributed by atoms with Crippen molar-refractivity contribution in [1.82, 2.24) is 0 Å². The molecular formula is C11H9ClO2. The number of alkyl halides is 1. The number of aromatic hydroxyl groups is 1. The lowest BCUT2D eigenvalue weighted by Gasteiger charge is -2.00. The number of hydrogen-bond acceptors (Lipinski definition) is 2. The van der Waals surface area contributed by atoms with Crippen LogP contribution in [0.15, 0.2) is 18.2 Å². The van der Waals surface area contributed by atoms with Crippen molar-refractivity contribution >= 4 is 17.4 Å². The molecule has 0 saturated carbocycles. The molecule has 0 aliphatic heterocycles. The lowest BCUT2D eigenvalue weighted by Crippen LogP contribution is -1.93. The number of benzene rings is 1. The fourth-order valence-corrected chi connectivity index (χ4v) is 1.10. The molecule has 2 nitrogen and oxygen atoms in total. The molecule has 0 fully saturated rings. The summed E-state index contributed by atoms with van der Waals surface area (Å²) < 4.78 is 0. The summed E-state index contributed by atoms with van der Waals surface area (Å²) in [6.07, 6.45) is 0. The Hall–Kier alpha value is -1.46. The lowest BCUT2D eigenvalue weighted by molar-refractivity contribution is 0.101. The molecule has 1 aromatic rings. The van der Waals surface area contributed by atoms with E-state index in [1.165, 1.54) is 13.0 Å². The molecule has 0 atom stereocenters. The molecule has 0 unspecified atom stereocenters. The van der Waals surface area contributed by atoms with Crippen molar-refractivity contribution in [3.63, 3.8) is 0 Å². The maximum atomic E-state index is 11.1. The molecule has 0 aliphatic rings. The van der Waals surface area contributed by atoms with Gasteiger partial charge in [0.05, 0.1) is 11.4 Å². The Labute approximate surface area is 87.5 Å². The van der Waals surface area contributed by atoms with Crippen molar-refractivity contribution in [2.75, 3.05) is 5.88 Å². The summed E-state index contributed by atoms with van der Waals surface area (Å²) in [7, 11) is 0. The maximum Gasteiger partial charge on any atom is 0.163 e. The van der Waals surface area contributed by atoms with Crippen LogP contribution in [0.25, 0.3) is 0 Å². The quantitative estimate of drug-likeness (QED) is 0.436. The van der Waals surface area contributed by atoms with E-state index in [1.54, 1.807) is 12.1 Å². The number of phenolic OH excluding ortho intramolecular Hbond substituents is 1. The summed E-state index contributed by atoms with van der Waals surface area (Å²) in [6, 6.07) is 4.65. The molecule has 1 rings (SSSR count). The van der Waals surface area contributed by atoms with Gasteiger partial charge in [-0.25, -0.2) is 0 Å². The van der Waals surface area contributed by atoms with E-state index in [4.69, 9.17) is 11.6 Å². The molecule has 0 aromatic heterocycles. The Balaban J connectivity index is 3.13. The first-order chi connectivity index (χ1) is 6.65. The van der Waals surface area contributed by atoms with Gasteiger partial charge in [-0.15, -0.1) is 11.6 Å². The molecule has 3 heteroatoms. The highest BCUT2D eigenvalue weighted by Crippen LogP contribution is 2.18. The van der Waals surface area contributed by atoms with E-state index in [2.05, 4.69) is 11.8 Å². The van der Waals surface area contributed by atoms with E-state index in [9.17, 15) is 9.90 Å². The second-order valence-corrected chi connectivity index (χ2v) is 2.99. The summed E-state index contributed by atoms with van der Waals surface area (Å²) in [6.45, 7) is 1.40. The van der Waals surface area contributed by atoms with Gasteiger partial charge in [0.2, 0.25) is 0 Å². The van der Waals surface area contributed by atoms with Crippen molar-refractivity contribution in [2.45, 2.75) is 6.92 Å². The maximum absolute atomic E-state index is 11.1. The summed E-state index contributed by atoms with van der Waals surface area (Å²) in [5.74, 6) is 5.49. The molecule has 1 N–H and O–H groups in total. The molecule has 14 heavy (non-hydrogen) atoms. The van der Waals surface area contributed by atoms with Crippen LogP contribution in [0.3, 0.4) is 0 Å². The van der Waals surface area contributed by atoms with Gasteiger partial charge < -0.3 is 5.11 Å². The summed E-state index contributed by atoms with van der Waals surface area (Å²) >= 11 is 5.40. The van der Waals surface area contributed by atoms with Gasteiger partial charge in [0, 0.05) is 5.56 Å². The highest BCUT2D eigenvalue weighted by molar-refractivity contribution is 6.19. The van der Waals surface area contributed by atoms with Gasteiger partial charge in [-0.3, -0.25) is 4.79 Å². The topological polar surface area (TPSA) is 37.3 Å². The Morgan fingerprint density at radius 3 is 2.86 bits per heavy atom. The summed E-state index contributed by atoms with van der Waals surface area (Å²) in [5.41, 5.74) is 0.958. The van der Waals surface area contributed by atoms with E-state index < -0.39 is 0 Å². The Morgan fingerprint density at radius 1 is 1.57 bits per heavy atom. The van der Waals surface area contributed by atoms with E-state index >= 15 is 0 Å². The largest absolute Gasteiger partial charge is 0.507 e. The van der Waals surface area contributed by atoms with Gasteiger partial charge in [0.25, 0.3) is 0 Å². The van der Waals surface area contributed by atoms with Crippen molar-refractivity contribution in [3.8, 4) is 17.6 Å². The minimum absolute atomic E-state index is 0.0195. The van der Waals surface area contributed by atoms with Gasteiger partial charge in [-0.1, -0.05) is 11.8 Å². The third-order valence-electron chi connectivity index (χ3n) is 1.68. The number of carbonyl (C=O) groups excluding carboxylic acids is 1. The van der Waals surface area contributed by atoms with Gasteiger partial charge in [0.1, 0.15) is 5.75 Å². The Morgan fingerprint density at radius 2 is 2.29 bits per heavy atom. The van der Waals surface area contributed by atoms with Crippen LogP contribution >= 0.6 is 11.6 Å². The van der Waals surface area contributed by atoms with E-state index in [-0.39, 0.29) is 23.0 Å². The van der Waals surface area contributed by atoms with Crippen LogP contribution in [-0.4, -0.2) is 16.8 Å². The van der Waals surface area contributed by atoms with Gasteiger partial charge in [-0.2, -0.15) is 0 Å². The fraction of sp³-hybridized carbons (Fsp3) is 0.182. The minimum atomic E-state index is -0.183. The minimum Gasteiger partial charge on any atom is -0.507 e. The van der Waals surface area contributed by atoms with Crippen LogP contribution in [0, 0.1) is 11.8 Å². The molecule has 0 aliphatic carbocycles. The molecule has 0 spiro atoms. The zero-order chi connectivity index (χ0) is 10.6. The second kappa shape index (κ2) is 4.69. The first kappa shape index (κ1) is 10.6. The molecule has 0 radical (unpaired) electrons. The number of carbonyl (C=O) groups is 1. The molecule has 72 valence electrons. The predicted molar refractivity (Wildman–Crippen MR) is 55.7 cm³/mol. The Kier molecular flexibility index (Phi) is 3.55. The molecule has 0 bridgehead atoms. The number of halogens is 1. The van der Waals surface area contributed by atoms with E-state index in [0.29, 0.717) is 5.56 Å². The third-order valence-corrected chi connectivity index (χ3v) is 1.81. The summed E-state index contributed by atoms with van der Waals surface area (Å²) in [4.78, 5) is 11.1. The number of rotatable bonds is 1. The van der Waals surface area contributed by atoms with Crippen LogP contribution in [0.4, 0.5) is 0 Å². The van der Waals surface area contributed by atoms with E-state index in [0.717, 1.165) is 0 Å². The van der Waals surface area contributed by atoms with Crippen LogP contribution in [-0.2, 0) is 0 Å². The fourth-order valence-electron chi connectivity index (χ4n) is 1.03. The second-order valence-electron chi connectivity index (χ2n) is 2.72. The van der Waals surface area contributed by atoms with Crippen LogP contribution < -0.4 is 0 Å². The number of ketones is 1. The van der Waals surface area contributed by atoms with Crippen molar-refractivity contribution < 1.29 is 9.90 Å². The molecule has 0 amide bonds. The number of phenols is 1. The number of hydrogen-bond donors (Lipinski definition) is 1. The zero-order valence-electron chi connectivity index (χ0n) is 7.67. The third kappa shape index (κ3) is 2.51. The smallest absolute Gasteiger partial charge is 0.163 e. The lowest BCUT2D eigenvalue weighted by atomic mass is 10.1. The molecule has 0 heterocycles. The Bertz CT molecular complexity index is 413. The van der Waals surface area contributed by atoms with Crippen molar-refractivity contribution in [1.29, 1.82) is 0 Å². The average molecular weight is 209 g/mol. The highest BCUT2D eigenvalue weighted by Gasteiger charge is 2.05. The standard InChI is InChI=1S/C11H9ClO2/c1-8(13)10-7-9(3-2-6-12)4-5-11(10)14/h4-5,7,14H,6H2,1H3. The zero-order valence-corrected chi connectivity index (χ0v) is 8.43. The average Bonchev–Trinajstić information content (AvgIpc) is 2.16. The van der Waals surface area contributed by atoms with Crippen molar-refractivity contribution in [3.05, 3.63) is 29.3 Å². The van der Waals surface area contributed by atoms with Crippen LogP contribution in [0.5, 0.6) is 5.75 Å². The van der Waals surface area contributed by atoms with Crippen LogP contribution in [0.2, 0.25) is 0 Å². The predicted octanol–water partition coefficient (Wildman–Crippen LogP) is 2.19. The summed E-state index contributed by atoms with van der Waals surface area (Å²) in [5, 5.41) is 9.34. The normalized spacial score (nSPS) is 9.00.